The zero-order valence-corrected chi connectivity index (χ0v) is 19.3. The molecule has 0 saturated heterocycles. The molecular formula is C27H38N2O2. The lowest BCUT2D eigenvalue weighted by molar-refractivity contribution is -0.140. The molecular weight excluding hydrogens is 384 g/mol. The first kappa shape index (κ1) is 23.4. The van der Waals surface area contributed by atoms with Crippen molar-refractivity contribution >= 4 is 5.97 Å². The number of aryl methyl sites for hydroxylation is 1. The molecule has 0 unspecified atom stereocenters. The summed E-state index contributed by atoms with van der Waals surface area (Å²) in [6.45, 7) is 4.46. The Morgan fingerprint density at radius 1 is 0.903 bits per heavy atom. The molecule has 0 radical (unpaired) electrons. The zero-order valence-electron chi connectivity index (χ0n) is 19.3. The van der Waals surface area contributed by atoms with Crippen LogP contribution in [0, 0.1) is 11.8 Å². The summed E-state index contributed by atoms with van der Waals surface area (Å²) < 4.78 is 5.67. The smallest absolute Gasteiger partial charge is 0.314 e. The van der Waals surface area contributed by atoms with Crippen LogP contribution in [-0.4, -0.2) is 15.9 Å². The number of benzene rings is 1. The van der Waals surface area contributed by atoms with E-state index in [1.165, 1.54) is 50.5 Å². The van der Waals surface area contributed by atoms with Crippen molar-refractivity contribution in [1.82, 2.24) is 9.97 Å². The fourth-order valence-electron chi connectivity index (χ4n) is 4.45. The van der Waals surface area contributed by atoms with E-state index >= 15 is 0 Å². The second-order valence-corrected chi connectivity index (χ2v) is 9.03. The molecule has 1 saturated carbocycles. The predicted molar refractivity (Wildman–Crippen MR) is 126 cm³/mol. The van der Waals surface area contributed by atoms with Crippen LogP contribution in [0.3, 0.4) is 0 Å². The van der Waals surface area contributed by atoms with Crippen molar-refractivity contribution < 1.29 is 9.53 Å². The predicted octanol–water partition coefficient (Wildman–Crippen LogP) is 7.17. The molecule has 1 heterocycles. The molecule has 0 spiro atoms. The van der Waals surface area contributed by atoms with Crippen molar-refractivity contribution in [3.8, 4) is 17.1 Å². The van der Waals surface area contributed by atoms with Gasteiger partial charge in [0.15, 0.2) is 5.82 Å². The Morgan fingerprint density at radius 3 is 2.19 bits per heavy atom. The monoisotopic (exact) mass is 422 g/mol. The Balaban J connectivity index is 1.46. The van der Waals surface area contributed by atoms with Crippen LogP contribution in [0.4, 0.5) is 0 Å². The molecule has 3 rings (SSSR count). The highest BCUT2D eigenvalue weighted by Crippen LogP contribution is 2.33. The SMILES string of the molecule is CCCCCc1cnc(-c2ccc(OC(=O)[C@H]3CC[C@H](CCCCC)CC3)cc2)nc1. The first-order valence-electron chi connectivity index (χ1n) is 12.3. The van der Waals surface area contributed by atoms with Crippen LogP contribution in [0.1, 0.15) is 90.0 Å². The Hall–Kier alpha value is -2.23. The molecule has 4 nitrogen and oxygen atoms in total. The molecule has 1 aromatic heterocycles. The molecule has 4 heteroatoms. The van der Waals surface area contributed by atoms with Gasteiger partial charge in [0, 0.05) is 18.0 Å². The number of rotatable bonds is 11. The maximum atomic E-state index is 12.6. The standard InChI is InChI=1S/C27H38N2O2/c1-3-5-7-9-21-11-13-24(14-12-21)27(30)31-25-17-15-23(16-18-25)26-28-19-22(20-29-26)10-8-6-4-2/h15-21,24H,3-14H2,1-2H3/t21-,24-. The third-order valence-corrected chi connectivity index (χ3v) is 6.50. The molecule has 1 fully saturated rings. The number of ether oxygens (including phenoxy) is 1. The van der Waals surface area contributed by atoms with E-state index in [1.807, 2.05) is 36.7 Å². The second kappa shape index (κ2) is 12.6. The number of nitrogens with zero attached hydrogens (tertiary/aromatic N) is 2. The molecule has 1 aromatic carbocycles. The van der Waals surface area contributed by atoms with Gasteiger partial charge in [-0.3, -0.25) is 4.79 Å². The highest BCUT2D eigenvalue weighted by molar-refractivity contribution is 5.75. The molecule has 168 valence electrons. The van der Waals surface area contributed by atoms with Crippen LogP contribution in [-0.2, 0) is 11.2 Å². The van der Waals surface area contributed by atoms with Gasteiger partial charge < -0.3 is 4.74 Å². The van der Waals surface area contributed by atoms with Gasteiger partial charge in [-0.1, -0.05) is 52.4 Å². The third-order valence-electron chi connectivity index (χ3n) is 6.50. The fraction of sp³-hybridized carbons (Fsp3) is 0.593. The number of unbranched alkanes of at least 4 members (excludes halogenated alkanes) is 4. The lowest BCUT2D eigenvalue weighted by atomic mass is 9.80. The topological polar surface area (TPSA) is 52.1 Å². The average Bonchev–Trinajstić information content (AvgIpc) is 2.81. The number of aromatic nitrogens is 2. The molecule has 0 amide bonds. The number of carbonyl (C=O) groups is 1. The highest BCUT2D eigenvalue weighted by atomic mass is 16.5. The number of esters is 1. The second-order valence-electron chi connectivity index (χ2n) is 9.03. The van der Waals surface area contributed by atoms with Crippen molar-refractivity contribution in [3.05, 3.63) is 42.2 Å². The Kier molecular flexibility index (Phi) is 9.51. The van der Waals surface area contributed by atoms with Gasteiger partial charge in [0.05, 0.1) is 5.92 Å². The maximum absolute atomic E-state index is 12.6. The molecule has 0 bridgehead atoms. The molecule has 2 aromatic rings. The summed E-state index contributed by atoms with van der Waals surface area (Å²) in [6.07, 6.45) is 18.0. The summed E-state index contributed by atoms with van der Waals surface area (Å²) in [6, 6.07) is 7.56. The maximum Gasteiger partial charge on any atom is 0.314 e. The van der Waals surface area contributed by atoms with Gasteiger partial charge in [-0.2, -0.15) is 0 Å². The fourth-order valence-corrected chi connectivity index (χ4v) is 4.45. The first-order valence-corrected chi connectivity index (χ1v) is 12.3. The number of hydrogen-bond acceptors (Lipinski definition) is 4. The Labute approximate surface area is 187 Å². The Morgan fingerprint density at radius 2 is 1.55 bits per heavy atom. The van der Waals surface area contributed by atoms with E-state index < -0.39 is 0 Å². The third kappa shape index (κ3) is 7.45. The summed E-state index contributed by atoms with van der Waals surface area (Å²) in [7, 11) is 0. The van der Waals surface area contributed by atoms with E-state index in [1.54, 1.807) is 0 Å². The van der Waals surface area contributed by atoms with Crippen LogP contribution < -0.4 is 4.74 Å². The van der Waals surface area contributed by atoms with Crippen LogP contribution >= 0.6 is 0 Å². The molecule has 31 heavy (non-hydrogen) atoms. The lowest BCUT2D eigenvalue weighted by Crippen LogP contribution is -2.25. The largest absolute Gasteiger partial charge is 0.426 e. The summed E-state index contributed by atoms with van der Waals surface area (Å²) in [5.41, 5.74) is 2.12. The summed E-state index contributed by atoms with van der Waals surface area (Å²) in [4.78, 5) is 21.6. The van der Waals surface area contributed by atoms with Crippen molar-refractivity contribution in [2.45, 2.75) is 90.9 Å². The minimum absolute atomic E-state index is 0.0469. The summed E-state index contributed by atoms with van der Waals surface area (Å²) in [5, 5.41) is 0. The van der Waals surface area contributed by atoms with Gasteiger partial charge in [0.25, 0.3) is 0 Å². The van der Waals surface area contributed by atoms with E-state index in [0.717, 1.165) is 43.6 Å². The van der Waals surface area contributed by atoms with Crippen LogP contribution in [0.5, 0.6) is 5.75 Å². The van der Waals surface area contributed by atoms with E-state index in [4.69, 9.17) is 4.74 Å². The quantitative estimate of drug-likeness (QED) is 0.219. The minimum Gasteiger partial charge on any atom is -0.426 e. The Bertz CT molecular complexity index is 778. The van der Waals surface area contributed by atoms with Crippen LogP contribution in [0.2, 0.25) is 0 Å². The lowest BCUT2D eigenvalue weighted by Gasteiger charge is -2.27. The van der Waals surface area contributed by atoms with Crippen molar-refractivity contribution in [2.75, 3.05) is 0 Å². The number of hydrogen-bond donors (Lipinski definition) is 0. The summed E-state index contributed by atoms with van der Waals surface area (Å²) >= 11 is 0. The van der Waals surface area contributed by atoms with E-state index in [0.29, 0.717) is 11.6 Å². The normalized spacial score (nSPS) is 18.6. The van der Waals surface area contributed by atoms with Crippen molar-refractivity contribution in [2.24, 2.45) is 11.8 Å². The highest BCUT2D eigenvalue weighted by Gasteiger charge is 2.27. The van der Waals surface area contributed by atoms with Crippen molar-refractivity contribution in [3.63, 3.8) is 0 Å². The summed E-state index contributed by atoms with van der Waals surface area (Å²) in [5.74, 6) is 2.08. The van der Waals surface area contributed by atoms with Crippen molar-refractivity contribution in [1.29, 1.82) is 0 Å². The first-order chi connectivity index (χ1) is 15.2. The van der Waals surface area contributed by atoms with Gasteiger partial charge >= 0.3 is 5.97 Å². The molecule has 1 aliphatic carbocycles. The minimum atomic E-state index is -0.0764. The van der Waals surface area contributed by atoms with Gasteiger partial charge in [0.1, 0.15) is 5.75 Å². The van der Waals surface area contributed by atoms with E-state index in [9.17, 15) is 4.79 Å². The van der Waals surface area contributed by atoms with Gasteiger partial charge in [0.2, 0.25) is 0 Å². The van der Waals surface area contributed by atoms with Gasteiger partial charge in [-0.25, -0.2) is 9.97 Å². The van der Waals surface area contributed by atoms with E-state index in [-0.39, 0.29) is 11.9 Å². The number of carbonyl (C=O) groups excluding carboxylic acids is 1. The zero-order chi connectivity index (χ0) is 21.9. The molecule has 0 aliphatic heterocycles. The molecule has 0 N–H and O–H groups in total. The van der Waals surface area contributed by atoms with E-state index in [2.05, 4.69) is 23.8 Å². The molecule has 1 aliphatic rings. The van der Waals surface area contributed by atoms with Crippen LogP contribution in [0.15, 0.2) is 36.7 Å². The van der Waals surface area contributed by atoms with Gasteiger partial charge in [-0.15, -0.1) is 0 Å². The van der Waals surface area contributed by atoms with Gasteiger partial charge in [-0.05, 0) is 74.3 Å². The molecule has 0 atom stereocenters. The van der Waals surface area contributed by atoms with Crippen LogP contribution in [0.25, 0.3) is 11.4 Å². The average molecular weight is 423 g/mol.